The van der Waals surface area contributed by atoms with Crippen molar-refractivity contribution in [1.29, 1.82) is 0 Å². The normalized spacial score (nSPS) is 14.4. The summed E-state index contributed by atoms with van der Waals surface area (Å²) in [6, 6.07) is 11.2. The van der Waals surface area contributed by atoms with E-state index in [0.29, 0.717) is 23.5 Å². The minimum Gasteiger partial charge on any atom is -0.322 e. The molecule has 1 aromatic carbocycles. The van der Waals surface area contributed by atoms with E-state index < -0.39 is 0 Å². The lowest BCUT2D eigenvalue weighted by Crippen LogP contribution is -2.35. The summed E-state index contributed by atoms with van der Waals surface area (Å²) in [7, 11) is 1.80. The van der Waals surface area contributed by atoms with Gasteiger partial charge in [0.1, 0.15) is 11.4 Å². The lowest BCUT2D eigenvalue weighted by molar-refractivity contribution is -0.119. The highest BCUT2D eigenvalue weighted by Gasteiger charge is 2.21. The van der Waals surface area contributed by atoms with E-state index in [1.54, 1.807) is 22.8 Å². The Hall–Kier alpha value is -3.35. The Morgan fingerprint density at radius 1 is 1.15 bits per heavy atom. The molecule has 1 N–H and O–H groups in total. The van der Waals surface area contributed by atoms with Gasteiger partial charge in [-0.15, -0.1) is 0 Å². The molecule has 3 aromatic rings. The van der Waals surface area contributed by atoms with Gasteiger partial charge in [-0.2, -0.15) is 5.10 Å². The first-order chi connectivity index (χ1) is 13.1. The minimum atomic E-state index is -0.242. The van der Waals surface area contributed by atoms with E-state index in [9.17, 15) is 9.59 Å². The van der Waals surface area contributed by atoms with Gasteiger partial charge >= 0.3 is 0 Å². The number of hydrogen-bond donors (Lipinski definition) is 1. The second-order valence-electron chi connectivity index (χ2n) is 6.60. The zero-order valence-corrected chi connectivity index (χ0v) is 15.1. The van der Waals surface area contributed by atoms with Gasteiger partial charge in [-0.05, 0) is 43.2 Å². The molecule has 7 heteroatoms. The molecular weight excluding hydrogens is 342 g/mol. The molecule has 1 aliphatic rings. The van der Waals surface area contributed by atoms with Crippen LogP contribution in [0.1, 0.15) is 29.6 Å². The fourth-order valence-electron chi connectivity index (χ4n) is 3.40. The Bertz CT molecular complexity index is 974. The van der Waals surface area contributed by atoms with E-state index in [0.717, 1.165) is 25.1 Å². The van der Waals surface area contributed by atoms with E-state index in [2.05, 4.69) is 10.4 Å². The van der Waals surface area contributed by atoms with Crippen LogP contribution in [0, 0.1) is 0 Å². The Balaban J connectivity index is 1.58. The summed E-state index contributed by atoms with van der Waals surface area (Å²) in [6.07, 6.45) is 7.81. The second-order valence-corrected chi connectivity index (χ2v) is 6.60. The van der Waals surface area contributed by atoms with Crippen LogP contribution in [0.4, 0.5) is 11.4 Å². The van der Waals surface area contributed by atoms with Crippen molar-refractivity contribution in [2.45, 2.75) is 19.3 Å². The Morgan fingerprint density at radius 3 is 2.74 bits per heavy atom. The molecule has 0 atom stereocenters. The molecule has 138 valence electrons. The van der Waals surface area contributed by atoms with Crippen molar-refractivity contribution in [3.8, 4) is 5.82 Å². The monoisotopic (exact) mass is 363 g/mol. The number of hydrogen-bond acceptors (Lipinski definition) is 3. The number of piperidine rings is 1. The molecule has 1 saturated heterocycles. The summed E-state index contributed by atoms with van der Waals surface area (Å²) in [4.78, 5) is 26.8. The number of aromatic nitrogens is 3. The topological polar surface area (TPSA) is 72.2 Å². The lowest BCUT2D eigenvalue weighted by Gasteiger charge is -2.27. The van der Waals surface area contributed by atoms with Gasteiger partial charge in [-0.3, -0.25) is 14.3 Å². The SMILES string of the molecule is Cn1ncc(C(=O)Nc2cccc(N3CCCCC3=O)c2)c1-n1cccc1. The van der Waals surface area contributed by atoms with Crippen molar-refractivity contribution in [3.63, 3.8) is 0 Å². The maximum Gasteiger partial charge on any atom is 0.261 e. The summed E-state index contributed by atoms with van der Waals surface area (Å²) < 4.78 is 3.52. The molecule has 0 radical (unpaired) electrons. The average Bonchev–Trinajstić information content (AvgIpc) is 3.31. The van der Waals surface area contributed by atoms with Crippen LogP contribution in [0.15, 0.2) is 55.0 Å². The summed E-state index contributed by atoms with van der Waals surface area (Å²) in [5, 5.41) is 7.14. The van der Waals surface area contributed by atoms with Crippen molar-refractivity contribution < 1.29 is 9.59 Å². The highest BCUT2D eigenvalue weighted by Crippen LogP contribution is 2.24. The summed E-state index contributed by atoms with van der Waals surface area (Å²) in [6.45, 7) is 0.719. The Labute approximate surface area is 157 Å². The highest BCUT2D eigenvalue weighted by atomic mass is 16.2. The second kappa shape index (κ2) is 7.11. The minimum absolute atomic E-state index is 0.131. The maximum absolute atomic E-state index is 12.8. The maximum atomic E-state index is 12.8. The number of nitrogens with one attached hydrogen (secondary N) is 1. The number of amides is 2. The highest BCUT2D eigenvalue weighted by molar-refractivity contribution is 6.06. The third kappa shape index (κ3) is 3.36. The molecule has 1 fully saturated rings. The van der Waals surface area contributed by atoms with Crippen LogP contribution in [-0.2, 0) is 11.8 Å². The number of carbonyl (C=O) groups is 2. The molecule has 0 unspecified atom stereocenters. The number of carbonyl (C=O) groups excluding carboxylic acids is 2. The van der Waals surface area contributed by atoms with Gasteiger partial charge in [-0.1, -0.05) is 6.07 Å². The molecule has 7 nitrogen and oxygen atoms in total. The van der Waals surface area contributed by atoms with Crippen LogP contribution < -0.4 is 10.2 Å². The van der Waals surface area contributed by atoms with Crippen LogP contribution in [0.25, 0.3) is 5.82 Å². The lowest BCUT2D eigenvalue weighted by atomic mass is 10.1. The Morgan fingerprint density at radius 2 is 1.96 bits per heavy atom. The predicted octanol–water partition coefficient (Wildman–Crippen LogP) is 2.98. The molecule has 1 aliphatic heterocycles. The number of benzene rings is 1. The zero-order chi connectivity index (χ0) is 18.8. The summed E-state index contributed by atoms with van der Waals surface area (Å²) in [5.41, 5.74) is 1.95. The summed E-state index contributed by atoms with van der Waals surface area (Å²) >= 11 is 0. The molecule has 0 bridgehead atoms. The number of aryl methyl sites for hydroxylation is 1. The number of rotatable bonds is 4. The number of nitrogens with zero attached hydrogens (tertiary/aromatic N) is 4. The molecule has 3 heterocycles. The predicted molar refractivity (Wildman–Crippen MR) is 103 cm³/mol. The molecule has 0 saturated carbocycles. The van der Waals surface area contributed by atoms with E-state index in [1.807, 2.05) is 53.4 Å². The van der Waals surface area contributed by atoms with Crippen molar-refractivity contribution in [3.05, 3.63) is 60.6 Å². The van der Waals surface area contributed by atoms with E-state index in [1.165, 1.54) is 0 Å². The van der Waals surface area contributed by atoms with E-state index in [-0.39, 0.29) is 11.8 Å². The quantitative estimate of drug-likeness (QED) is 0.775. The molecule has 2 aromatic heterocycles. The smallest absolute Gasteiger partial charge is 0.261 e. The fourth-order valence-corrected chi connectivity index (χ4v) is 3.40. The van der Waals surface area contributed by atoms with Crippen molar-refractivity contribution in [2.75, 3.05) is 16.8 Å². The van der Waals surface area contributed by atoms with Crippen molar-refractivity contribution >= 4 is 23.2 Å². The molecule has 27 heavy (non-hydrogen) atoms. The van der Waals surface area contributed by atoms with Crippen LogP contribution >= 0.6 is 0 Å². The van der Waals surface area contributed by atoms with Gasteiger partial charge in [0.05, 0.1) is 6.20 Å². The fraction of sp³-hybridized carbons (Fsp3) is 0.250. The third-order valence-corrected chi connectivity index (χ3v) is 4.74. The van der Waals surface area contributed by atoms with Gasteiger partial charge in [0.25, 0.3) is 5.91 Å². The standard InChI is InChI=1S/C20H21N5O2/c1-23-20(24-10-4-5-11-24)17(14-21-23)19(27)22-15-7-6-8-16(13-15)25-12-3-2-9-18(25)26/h4-8,10-11,13-14H,2-3,9,12H2,1H3,(H,22,27). The van der Waals surface area contributed by atoms with Crippen molar-refractivity contribution in [2.24, 2.45) is 7.05 Å². The number of anilines is 2. The molecule has 0 aliphatic carbocycles. The Kier molecular flexibility index (Phi) is 4.50. The van der Waals surface area contributed by atoms with Gasteiger partial charge in [-0.25, -0.2) is 0 Å². The first-order valence-corrected chi connectivity index (χ1v) is 9.00. The van der Waals surface area contributed by atoms with Crippen molar-refractivity contribution in [1.82, 2.24) is 14.3 Å². The largest absolute Gasteiger partial charge is 0.322 e. The molecule has 4 rings (SSSR count). The van der Waals surface area contributed by atoms with Gasteiger partial charge in [0, 0.05) is 43.8 Å². The molecule has 2 amide bonds. The van der Waals surface area contributed by atoms with E-state index >= 15 is 0 Å². The van der Waals surface area contributed by atoms with Crippen LogP contribution in [0.3, 0.4) is 0 Å². The van der Waals surface area contributed by atoms with E-state index in [4.69, 9.17) is 0 Å². The van der Waals surface area contributed by atoms with Crippen LogP contribution in [0.5, 0.6) is 0 Å². The molecule has 0 spiro atoms. The average molecular weight is 363 g/mol. The summed E-state index contributed by atoms with van der Waals surface area (Å²) in [5.74, 6) is 0.584. The van der Waals surface area contributed by atoms with Gasteiger partial charge in [0.2, 0.25) is 5.91 Å². The first kappa shape index (κ1) is 17.1. The third-order valence-electron chi connectivity index (χ3n) is 4.74. The van der Waals surface area contributed by atoms with Gasteiger partial charge < -0.3 is 14.8 Å². The molecular formula is C20H21N5O2. The van der Waals surface area contributed by atoms with Crippen LogP contribution in [0.2, 0.25) is 0 Å². The van der Waals surface area contributed by atoms with Crippen LogP contribution in [-0.4, -0.2) is 32.7 Å². The van der Waals surface area contributed by atoms with Gasteiger partial charge in [0.15, 0.2) is 0 Å². The first-order valence-electron chi connectivity index (χ1n) is 9.00. The zero-order valence-electron chi connectivity index (χ0n) is 15.1.